The third kappa shape index (κ3) is 3.00. The monoisotopic (exact) mass is 314 g/mol. The Kier molecular flexibility index (Phi) is 4.20. The molecule has 1 unspecified atom stereocenters. The normalized spacial score (nSPS) is 20.9. The van der Waals surface area contributed by atoms with E-state index in [4.69, 9.17) is 0 Å². The van der Waals surface area contributed by atoms with Crippen LogP contribution in [0.5, 0.6) is 0 Å². The summed E-state index contributed by atoms with van der Waals surface area (Å²) in [6.07, 6.45) is 2.60. The summed E-state index contributed by atoms with van der Waals surface area (Å²) in [6.45, 7) is 4.79. The van der Waals surface area contributed by atoms with Crippen LogP contribution in [0.2, 0.25) is 0 Å². The van der Waals surface area contributed by atoms with Crippen LogP contribution in [0.25, 0.3) is 0 Å². The van der Waals surface area contributed by atoms with E-state index in [1.54, 1.807) is 4.90 Å². The summed E-state index contributed by atoms with van der Waals surface area (Å²) in [5.41, 5.74) is 2.81. The van der Waals surface area contributed by atoms with Gasteiger partial charge in [0.1, 0.15) is 6.04 Å². The van der Waals surface area contributed by atoms with Crippen LogP contribution in [0.15, 0.2) is 18.2 Å². The van der Waals surface area contributed by atoms with Crippen molar-refractivity contribution in [2.75, 3.05) is 0 Å². The minimum atomic E-state index is -0.537. The maximum atomic E-state index is 12.8. The van der Waals surface area contributed by atoms with Gasteiger partial charge in [0.15, 0.2) is 0 Å². The Morgan fingerprint density at radius 2 is 2.04 bits per heavy atom. The molecule has 23 heavy (non-hydrogen) atoms. The largest absolute Gasteiger partial charge is 0.322 e. The Morgan fingerprint density at radius 1 is 1.26 bits per heavy atom. The van der Waals surface area contributed by atoms with Gasteiger partial charge >= 0.3 is 0 Å². The van der Waals surface area contributed by atoms with Crippen molar-refractivity contribution in [2.24, 2.45) is 5.92 Å². The third-order valence-corrected chi connectivity index (χ3v) is 4.63. The van der Waals surface area contributed by atoms with Gasteiger partial charge in [-0.3, -0.25) is 19.7 Å². The topological polar surface area (TPSA) is 66.5 Å². The van der Waals surface area contributed by atoms with Crippen LogP contribution in [0.1, 0.15) is 54.6 Å². The standard InChI is InChI=1S/C18H22N2O3/c1-11(2)6-7-12-4-3-5-13-10-20(18(23)16(12)13)14-8-9-15(21)19-17(14)22/h3-5,11,14H,6-10H2,1-2H3,(H,19,21,22). The van der Waals surface area contributed by atoms with E-state index in [0.29, 0.717) is 18.9 Å². The lowest BCUT2D eigenvalue weighted by molar-refractivity contribution is -0.136. The van der Waals surface area contributed by atoms with Gasteiger partial charge in [0.25, 0.3) is 5.91 Å². The molecular formula is C18H22N2O3. The average Bonchev–Trinajstić information content (AvgIpc) is 2.83. The van der Waals surface area contributed by atoms with Crippen LogP contribution < -0.4 is 5.32 Å². The molecule has 0 aromatic heterocycles. The molecule has 0 saturated carbocycles. The molecule has 5 heteroatoms. The predicted molar refractivity (Wildman–Crippen MR) is 85.6 cm³/mol. The molecule has 1 atom stereocenters. The van der Waals surface area contributed by atoms with Crippen LogP contribution in [0.4, 0.5) is 0 Å². The fraction of sp³-hybridized carbons (Fsp3) is 0.500. The van der Waals surface area contributed by atoms with Gasteiger partial charge in [-0.05, 0) is 36.3 Å². The van der Waals surface area contributed by atoms with Gasteiger partial charge in [0, 0.05) is 18.5 Å². The first-order chi connectivity index (χ1) is 11.0. The minimum absolute atomic E-state index is 0.0751. The van der Waals surface area contributed by atoms with E-state index in [-0.39, 0.29) is 24.1 Å². The van der Waals surface area contributed by atoms with Crippen molar-refractivity contribution < 1.29 is 14.4 Å². The highest BCUT2D eigenvalue weighted by Crippen LogP contribution is 2.30. The molecule has 1 aromatic carbocycles. The number of hydrogen-bond acceptors (Lipinski definition) is 3. The number of amides is 3. The lowest BCUT2D eigenvalue weighted by atomic mass is 9.96. The number of fused-ring (bicyclic) bond motifs is 1. The number of rotatable bonds is 4. The SMILES string of the molecule is CC(C)CCc1cccc2c1C(=O)N(C1CCC(=O)NC1=O)C2. The molecule has 5 nitrogen and oxygen atoms in total. The second kappa shape index (κ2) is 6.14. The van der Waals surface area contributed by atoms with Gasteiger partial charge < -0.3 is 4.90 Å². The van der Waals surface area contributed by atoms with E-state index in [2.05, 4.69) is 19.2 Å². The third-order valence-electron chi connectivity index (χ3n) is 4.63. The highest BCUT2D eigenvalue weighted by atomic mass is 16.2. The maximum absolute atomic E-state index is 12.8. The fourth-order valence-electron chi connectivity index (χ4n) is 3.34. The zero-order valence-corrected chi connectivity index (χ0v) is 13.6. The summed E-state index contributed by atoms with van der Waals surface area (Å²) in [4.78, 5) is 37.8. The molecule has 2 heterocycles. The molecular weight excluding hydrogens is 292 g/mol. The summed E-state index contributed by atoms with van der Waals surface area (Å²) in [5.74, 6) is -0.110. The predicted octanol–water partition coefficient (Wildman–Crippen LogP) is 2.04. The van der Waals surface area contributed by atoms with Crippen molar-refractivity contribution in [3.05, 3.63) is 34.9 Å². The van der Waals surface area contributed by atoms with Crippen LogP contribution in [-0.2, 0) is 22.6 Å². The first-order valence-electron chi connectivity index (χ1n) is 8.22. The van der Waals surface area contributed by atoms with Crippen molar-refractivity contribution in [3.63, 3.8) is 0 Å². The summed E-state index contributed by atoms with van der Waals surface area (Å²) < 4.78 is 0. The number of piperidine rings is 1. The minimum Gasteiger partial charge on any atom is -0.322 e. The van der Waals surface area contributed by atoms with Gasteiger partial charge in [-0.15, -0.1) is 0 Å². The van der Waals surface area contributed by atoms with Crippen molar-refractivity contribution in [1.82, 2.24) is 10.2 Å². The molecule has 0 aliphatic carbocycles. The molecule has 0 bridgehead atoms. The molecule has 0 spiro atoms. The van der Waals surface area contributed by atoms with Crippen LogP contribution in [-0.4, -0.2) is 28.7 Å². The molecule has 1 saturated heterocycles. The summed E-state index contributed by atoms with van der Waals surface area (Å²) in [6, 6.07) is 5.41. The highest BCUT2D eigenvalue weighted by molar-refractivity contribution is 6.05. The zero-order chi connectivity index (χ0) is 16.6. The summed E-state index contributed by atoms with van der Waals surface area (Å²) in [7, 11) is 0. The van der Waals surface area contributed by atoms with Crippen molar-refractivity contribution in [1.29, 1.82) is 0 Å². The number of carbonyl (C=O) groups excluding carboxylic acids is 3. The van der Waals surface area contributed by atoms with Crippen molar-refractivity contribution in [2.45, 2.75) is 52.1 Å². The maximum Gasteiger partial charge on any atom is 0.255 e. The molecule has 1 aromatic rings. The summed E-state index contributed by atoms with van der Waals surface area (Å²) in [5, 5.41) is 2.34. The number of aryl methyl sites for hydroxylation is 1. The Balaban J connectivity index is 1.83. The molecule has 122 valence electrons. The van der Waals surface area contributed by atoms with E-state index in [0.717, 1.165) is 29.5 Å². The Labute approximate surface area is 136 Å². The van der Waals surface area contributed by atoms with Gasteiger partial charge in [-0.2, -0.15) is 0 Å². The van der Waals surface area contributed by atoms with Gasteiger partial charge in [-0.1, -0.05) is 32.0 Å². The van der Waals surface area contributed by atoms with Gasteiger partial charge in [0.2, 0.25) is 11.8 Å². The smallest absolute Gasteiger partial charge is 0.255 e. The zero-order valence-electron chi connectivity index (χ0n) is 13.6. The van der Waals surface area contributed by atoms with E-state index >= 15 is 0 Å². The molecule has 3 rings (SSSR count). The second-order valence-electron chi connectivity index (χ2n) is 6.78. The number of benzene rings is 1. The average molecular weight is 314 g/mol. The van der Waals surface area contributed by atoms with Crippen LogP contribution in [0, 0.1) is 5.92 Å². The first-order valence-corrected chi connectivity index (χ1v) is 8.22. The van der Waals surface area contributed by atoms with Crippen LogP contribution >= 0.6 is 0 Å². The van der Waals surface area contributed by atoms with Crippen LogP contribution in [0.3, 0.4) is 0 Å². The molecule has 0 radical (unpaired) electrons. The molecule has 2 aliphatic heterocycles. The van der Waals surface area contributed by atoms with E-state index in [1.807, 2.05) is 18.2 Å². The number of nitrogens with one attached hydrogen (secondary N) is 1. The fourth-order valence-corrected chi connectivity index (χ4v) is 3.34. The lowest BCUT2D eigenvalue weighted by Crippen LogP contribution is -2.52. The van der Waals surface area contributed by atoms with Gasteiger partial charge in [0.05, 0.1) is 0 Å². The molecule has 2 aliphatic rings. The first kappa shape index (κ1) is 15.7. The van der Waals surface area contributed by atoms with Crippen molar-refractivity contribution >= 4 is 17.7 Å². The number of carbonyl (C=O) groups is 3. The molecule has 3 amide bonds. The highest BCUT2D eigenvalue weighted by Gasteiger charge is 2.39. The van der Waals surface area contributed by atoms with Gasteiger partial charge in [-0.25, -0.2) is 0 Å². The lowest BCUT2D eigenvalue weighted by Gasteiger charge is -2.29. The quantitative estimate of drug-likeness (QED) is 0.865. The summed E-state index contributed by atoms with van der Waals surface area (Å²) >= 11 is 0. The van der Waals surface area contributed by atoms with E-state index < -0.39 is 6.04 Å². The number of nitrogens with zero attached hydrogens (tertiary/aromatic N) is 1. The van der Waals surface area contributed by atoms with E-state index in [9.17, 15) is 14.4 Å². The Hall–Kier alpha value is -2.17. The Morgan fingerprint density at radius 3 is 2.74 bits per heavy atom. The number of hydrogen-bond donors (Lipinski definition) is 1. The molecule has 1 N–H and O–H groups in total. The second-order valence-corrected chi connectivity index (χ2v) is 6.78. The molecule has 1 fully saturated rings. The number of imide groups is 1. The van der Waals surface area contributed by atoms with Crippen molar-refractivity contribution in [3.8, 4) is 0 Å². The van der Waals surface area contributed by atoms with E-state index in [1.165, 1.54) is 0 Å². The Bertz CT molecular complexity index is 666.